The second-order valence-corrected chi connectivity index (χ2v) is 8.12. The van der Waals surface area contributed by atoms with Crippen LogP contribution in [0.1, 0.15) is 31.9 Å². The summed E-state index contributed by atoms with van der Waals surface area (Å²) in [6.07, 6.45) is 2.29. The number of nitrogens with zero attached hydrogens (tertiary/aromatic N) is 1. The number of hydrogen-bond acceptors (Lipinski definition) is 4. The Bertz CT molecular complexity index is 923. The summed E-state index contributed by atoms with van der Waals surface area (Å²) >= 11 is 0. The third-order valence-corrected chi connectivity index (χ3v) is 6.52. The smallest absolute Gasteiger partial charge is 0.335 e. The molecule has 1 heterocycles. The van der Waals surface area contributed by atoms with Crippen LogP contribution in [0.3, 0.4) is 0 Å². The van der Waals surface area contributed by atoms with Gasteiger partial charge in [0.1, 0.15) is 0 Å². The van der Waals surface area contributed by atoms with Crippen LogP contribution in [0, 0.1) is 0 Å². The molecule has 0 radical (unpaired) electrons. The van der Waals surface area contributed by atoms with E-state index in [9.17, 15) is 13.2 Å². The van der Waals surface area contributed by atoms with Crippen molar-refractivity contribution in [1.29, 1.82) is 0 Å². The number of ether oxygens (including phenoxy) is 1. The Morgan fingerprint density at radius 1 is 1.00 bits per heavy atom. The molecule has 27 heavy (non-hydrogen) atoms. The van der Waals surface area contributed by atoms with Gasteiger partial charge in [-0.2, -0.15) is 4.31 Å². The van der Waals surface area contributed by atoms with E-state index < -0.39 is 28.1 Å². The minimum atomic E-state index is -3.81. The van der Waals surface area contributed by atoms with Gasteiger partial charge in [-0.25, -0.2) is 13.2 Å². The van der Waals surface area contributed by atoms with Crippen molar-refractivity contribution in [3.63, 3.8) is 0 Å². The molecule has 1 aliphatic heterocycles. The largest absolute Gasteiger partial charge is 0.463 e. The minimum absolute atomic E-state index is 0.211. The van der Waals surface area contributed by atoms with E-state index >= 15 is 0 Å². The monoisotopic (exact) mass is 385 g/mol. The fourth-order valence-corrected chi connectivity index (χ4v) is 5.21. The molecule has 0 N–H and O–H groups in total. The number of carbonyl (C=O) groups is 1. The molecule has 3 rings (SSSR count). The van der Waals surface area contributed by atoms with Crippen LogP contribution in [-0.4, -0.2) is 31.3 Å². The third-order valence-electron chi connectivity index (χ3n) is 4.61. The number of hydrogen-bond donors (Lipinski definition) is 0. The van der Waals surface area contributed by atoms with Gasteiger partial charge in [-0.3, -0.25) is 0 Å². The number of esters is 1. The lowest BCUT2D eigenvalue weighted by Gasteiger charge is -2.30. The van der Waals surface area contributed by atoms with E-state index in [-0.39, 0.29) is 11.5 Å². The lowest BCUT2D eigenvalue weighted by atomic mass is 10.0. The van der Waals surface area contributed by atoms with Gasteiger partial charge in [0.2, 0.25) is 10.0 Å². The quantitative estimate of drug-likeness (QED) is 0.711. The summed E-state index contributed by atoms with van der Waals surface area (Å²) in [7, 11) is -3.81. The Hall–Kier alpha value is -2.44. The van der Waals surface area contributed by atoms with Crippen molar-refractivity contribution >= 4 is 16.0 Å². The fraction of sp³-hybridized carbons (Fsp3) is 0.286. The third kappa shape index (κ3) is 3.68. The van der Waals surface area contributed by atoms with E-state index in [0.717, 1.165) is 5.56 Å². The van der Waals surface area contributed by atoms with Crippen LogP contribution >= 0.6 is 0 Å². The molecule has 0 bridgehead atoms. The lowest BCUT2D eigenvalue weighted by Crippen LogP contribution is -2.38. The maximum absolute atomic E-state index is 13.5. The normalized spacial score (nSPS) is 20.3. The molecule has 0 unspecified atom stereocenters. The number of carbonyl (C=O) groups excluding carboxylic acids is 1. The molecular formula is C21H23NO4S. The maximum Gasteiger partial charge on any atom is 0.335 e. The Balaban J connectivity index is 2.14. The van der Waals surface area contributed by atoms with Crippen molar-refractivity contribution in [3.8, 4) is 0 Å². The molecule has 0 aliphatic carbocycles. The summed E-state index contributed by atoms with van der Waals surface area (Å²) in [5, 5.41) is 0. The molecule has 0 fully saturated rings. The van der Waals surface area contributed by atoms with Crippen LogP contribution in [0.4, 0.5) is 0 Å². The van der Waals surface area contributed by atoms with Crippen molar-refractivity contribution < 1.29 is 17.9 Å². The molecule has 1 aliphatic rings. The zero-order chi connectivity index (χ0) is 19.4. The molecule has 5 nitrogen and oxygen atoms in total. The second-order valence-electron chi connectivity index (χ2n) is 6.28. The van der Waals surface area contributed by atoms with E-state index in [4.69, 9.17) is 4.74 Å². The van der Waals surface area contributed by atoms with Gasteiger partial charge in [0.15, 0.2) is 0 Å². The highest BCUT2D eigenvalue weighted by molar-refractivity contribution is 7.89. The van der Waals surface area contributed by atoms with E-state index in [0.29, 0.717) is 12.0 Å². The van der Waals surface area contributed by atoms with Crippen molar-refractivity contribution in [3.05, 3.63) is 77.9 Å². The van der Waals surface area contributed by atoms with Gasteiger partial charge >= 0.3 is 5.97 Å². The molecule has 0 saturated heterocycles. The summed E-state index contributed by atoms with van der Waals surface area (Å²) in [4.78, 5) is 12.8. The standard InChI is InChI=1S/C21H23NO4S/c1-3-17-15-19(21(23)26-4-2)20(16-11-7-5-8-12-16)22(17)27(24,25)18-13-9-6-10-14-18/h5-15,17,20H,3-4H2,1-2H3/t17-,20+/m1/s1. The van der Waals surface area contributed by atoms with Gasteiger partial charge < -0.3 is 4.74 Å². The van der Waals surface area contributed by atoms with E-state index in [1.165, 1.54) is 4.31 Å². The fourth-order valence-electron chi connectivity index (χ4n) is 3.39. The Morgan fingerprint density at radius 3 is 2.15 bits per heavy atom. The first-order chi connectivity index (χ1) is 13.0. The molecule has 142 valence electrons. The summed E-state index contributed by atoms with van der Waals surface area (Å²) in [5.74, 6) is -0.476. The van der Waals surface area contributed by atoms with Crippen LogP contribution in [0.2, 0.25) is 0 Å². The topological polar surface area (TPSA) is 63.7 Å². The summed E-state index contributed by atoms with van der Waals surface area (Å²) in [6, 6.07) is 16.4. The first-order valence-electron chi connectivity index (χ1n) is 9.03. The van der Waals surface area contributed by atoms with Crippen LogP contribution in [0.5, 0.6) is 0 Å². The lowest BCUT2D eigenvalue weighted by molar-refractivity contribution is -0.138. The van der Waals surface area contributed by atoms with Gasteiger partial charge in [-0.1, -0.05) is 61.5 Å². The molecule has 0 aromatic heterocycles. The van der Waals surface area contributed by atoms with Crippen LogP contribution < -0.4 is 0 Å². The predicted octanol–water partition coefficient (Wildman–Crippen LogP) is 3.70. The van der Waals surface area contributed by atoms with E-state index in [2.05, 4.69) is 0 Å². The second kappa shape index (κ2) is 8.06. The minimum Gasteiger partial charge on any atom is -0.463 e. The van der Waals surface area contributed by atoms with E-state index in [1.807, 2.05) is 37.3 Å². The Labute approximate surface area is 160 Å². The molecular weight excluding hydrogens is 362 g/mol. The zero-order valence-electron chi connectivity index (χ0n) is 15.4. The SMILES string of the molecule is CCOC(=O)C1=C[C@@H](CC)N(S(=O)(=O)c2ccccc2)[C@H]1c1ccccc1. The van der Waals surface area contributed by atoms with Crippen LogP contribution in [0.25, 0.3) is 0 Å². The van der Waals surface area contributed by atoms with Crippen molar-refractivity contribution in [2.75, 3.05) is 6.61 Å². The van der Waals surface area contributed by atoms with Gasteiger partial charge in [0.25, 0.3) is 0 Å². The van der Waals surface area contributed by atoms with Crippen LogP contribution in [0.15, 0.2) is 77.2 Å². The number of benzene rings is 2. The maximum atomic E-state index is 13.5. The van der Waals surface area contributed by atoms with Crippen LogP contribution in [-0.2, 0) is 19.6 Å². The molecule has 2 aromatic rings. The average Bonchev–Trinajstić information content (AvgIpc) is 3.10. The Kier molecular flexibility index (Phi) is 5.77. The Morgan fingerprint density at radius 2 is 1.59 bits per heavy atom. The molecule has 6 heteroatoms. The number of rotatable bonds is 6. The molecule has 0 amide bonds. The molecule has 0 spiro atoms. The van der Waals surface area contributed by atoms with Crippen molar-refractivity contribution in [2.45, 2.75) is 37.2 Å². The molecule has 0 saturated carbocycles. The summed E-state index contributed by atoms with van der Waals surface area (Å²) in [6.45, 7) is 3.88. The molecule has 2 aromatic carbocycles. The summed E-state index contributed by atoms with van der Waals surface area (Å²) in [5.41, 5.74) is 1.11. The highest BCUT2D eigenvalue weighted by atomic mass is 32.2. The molecule has 2 atom stereocenters. The highest BCUT2D eigenvalue weighted by Gasteiger charge is 2.45. The van der Waals surface area contributed by atoms with Gasteiger partial charge in [-0.05, 0) is 31.0 Å². The van der Waals surface area contributed by atoms with Gasteiger partial charge in [0.05, 0.1) is 23.1 Å². The highest BCUT2D eigenvalue weighted by Crippen LogP contribution is 2.42. The summed E-state index contributed by atoms with van der Waals surface area (Å²) < 4.78 is 33.6. The first-order valence-corrected chi connectivity index (χ1v) is 10.5. The van der Waals surface area contributed by atoms with Gasteiger partial charge in [0, 0.05) is 6.04 Å². The van der Waals surface area contributed by atoms with Gasteiger partial charge in [-0.15, -0.1) is 0 Å². The van der Waals surface area contributed by atoms with E-state index in [1.54, 1.807) is 43.3 Å². The van der Waals surface area contributed by atoms with Crippen molar-refractivity contribution in [1.82, 2.24) is 4.31 Å². The zero-order valence-corrected chi connectivity index (χ0v) is 16.2. The number of sulfonamides is 1. The predicted molar refractivity (Wildman–Crippen MR) is 103 cm³/mol. The average molecular weight is 385 g/mol. The first kappa shape index (κ1) is 19.3. The van der Waals surface area contributed by atoms with Crippen molar-refractivity contribution in [2.24, 2.45) is 0 Å².